The molecule has 0 aliphatic carbocycles. The average Bonchev–Trinajstić information content (AvgIpc) is 2.72. The van der Waals surface area contributed by atoms with Crippen LogP contribution < -0.4 is 20.1 Å². The highest BCUT2D eigenvalue weighted by Crippen LogP contribution is 2.27. The van der Waals surface area contributed by atoms with E-state index in [0.29, 0.717) is 29.4 Å². The highest BCUT2D eigenvalue weighted by Gasteiger charge is 2.09. The molecular formula is C21H20FN3O3. The molecule has 6 nitrogen and oxygen atoms in total. The Balaban J connectivity index is 1.60. The summed E-state index contributed by atoms with van der Waals surface area (Å²) in [5.74, 6) is 0.594. The molecule has 1 heterocycles. The van der Waals surface area contributed by atoms with Crippen LogP contribution in [0.2, 0.25) is 0 Å². The molecule has 3 rings (SSSR count). The van der Waals surface area contributed by atoms with Crippen molar-refractivity contribution in [3.8, 4) is 11.5 Å². The Kier molecular flexibility index (Phi) is 6.06. The number of amides is 1. The standard InChI is InChI=1S/C21H20FN3O3/c1-27-19-9-6-14(10-20(19)28-2)12-24-21(26)18-8-7-17(13-23-18)25-16-5-3-4-15(22)11-16/h3-11,13,25H,12H2,1-2H3,(H,24,26). The molecule has 1 aromatic heterocycles. The molecule has 0 bridgehead atoms. The molecule has 28 heavy (non-hydrogen) atoms. The topological polar surface area (TPSA) is 72.5 Å². The molecule has 7 heteroatoms. The number of methoxy groups -OCH3 is 2. The monoisotopic (exact) mass is 381 g/mol. The second-order valence-corrected chi connectivity index (χ2v) is 5.94. The van der Waals surface area contributed by atoms with E-state index in [1.54, 1.807) is 50.6 Å². The van der Waals surface area contributed by atoms with Gasteiger partial charge in [0.05, 0.1) is 26.1 Å². The van der Waals surface area contributed by atoms with E-state index in [4.69, 9.17) is 9.47 Å². The Morgan fingerprint density at radius 2 is 1.82 bits per heavy atom. The summed E-state index contributed by atoms with van der Waals surface area (Å²) in [4.78, 5) is 16.5. The quantitative estimate of drug-likeness (QED) is 0.649. The number of hydrogen-bond donors (Lipinski definition) is 2. The van der Waals surface area contributed by atoms with Gasteiger partial charge in [0, 0.05) is 12.2 Å². The number of pyridine rings is 1. The lowest BCUT2D eigenvalue weighted by Gasteiger charge is -2.10. The summed E-state index contributed by atoms with van der Waals surface area (Å²) >= 11 is 0. The number of carbonyl (C=O) groups is 1. The van der Waals surface area contributed by atoms with Crippen molar-refractivity contribution in [2.45, 2.75) is 6.54 Å². The number of benzene rings is 2. The van der Waals surface area contributed by atoms with Crippen LogP contribution in [0.3, 0.4) is 0 Å². The van der Waals surface area contributed by atoms with Crippen LogP contribution in [0, 0.1) is 5.82 Å². The second-order valence-electron chi connectivity index (χ2n) is 5.94. The second kappa shape index (κ2) is 8.85. The van der Waals surface area contributed by atoms with Crippen molar-refractivity contribution in [2.75, 3.05) is 19.5 Å². The number of anilines is 2. The molecule has 144 valence electrons. The van der Waals surface area contributed by atoms with Gasteiger partial charge in [-0.2, -0.15) is 0 Å². The Bertz CT molecular complexity index is 961. The van der Waals surface area contributed by atoms with Gasteiger partial charge in [-0.15, -0.1) is 0 Å². The fourth-order valence-corrected chi connectivity index (χ4v) is 2.60. The molecule has 2 aromatic carbocycles. The summed E-state index contributed by atoms with van der Waals surface area (Å²) in [5.41, 5.74) is 2.41. The molecule has 0 aliphatic rings. The highest BCUT2D eigenvalue weighted by atomic mass is 19.1. The van der Waals surface area contributed by atoms with E-state index in [9.17, 15) is 9.18 Å². The van der Waals surface area contributed by atoms with Gasteiger partial charge in [-0.25, -0.2) is 9.37 Å². The first kappa shape index (κ1) is 19.2. The Morgan fingerprint density at radius 3 is 2.50 bits per heavy atom. The van der Waals surface area contributed by atoms with Crippen molar-refractivity contribution in [1.29, 1.82) is 0 Å². The van der Waals surface area contributed by atoms with Crippen LogP contribution in [0.25, 0.3) is 0 Å². The van der Waals surface area contributed by atoms with Gasteiger partial charge in [-0.1, -0.05) is 12.1 Å². The van der Waals surface area contributed by atoms with Crippen molar-refractivity contribution in [3.63, 3.8) is 0 Å². The largest absolute Gasteiger partial charge is 0.493 e. The number of aromatic nitrogens is 1. The van der Waals surface area contributed by atoms with Gasteiger partial charge in [-0.3, -0.25) is 4.79 Å². The van der Waals surface area contributed by atoms with Crippen LogP contribution in [0.5, 0.6) is 11.5 Å². The van der Waals surface area contributed by atoms with Crippen molar-refractivity contribution in [2.24, 2.45) is 0 Å². The molecule has 1 amide bonds. The number of ether oxygens (including phenoxy) is 2. The maximum absolute atomic E-state index is 13.2. The molecule has 0 saturated heterocycles. The lowest BCUT2D eigenvalue weighted by Crippen LogP contribution is -2.23. The van der Waals surface area contributed by atoms with Gasteiger partial charge in [0.15, 0.2) is 11.5 Å². The van der Waals surface area contributed by atoms with Crippen molar-refractivity contribution < 1.29 is 18.7 Å². The Morgan fingerprint density at radius 1 is 1.00 bits per heavy atom. The summed E-state index contributed by atoms with van der Waals surface area (Å²) in [6.07, 6.45) is 1.52. The van der Waals surface area contributed by atoms with E-state index in [0.717, 1.165) is 5.56 Å². The van der Waals surface area contributed by atoms with Gasteiger partial charge in [0.25, 0.3) is 5.91 Å². The van der Waals surface area contributed by atoms with Gasteiger partial charge >= 0.3 is 0 Å². The zero-order valence-corrected chi connectivity index (χ0v) is 15.5. The number of nitrogens with one attached hydrogen (secondary N) is 2. The molecule has 0 spiro atoms. The molecule has 0 saturated carbocycles. The molecule has 3 aromatic rings. The van der Waals surface area contributed by atoms with E-state index < -0.39 is 0 Å². The fraction of sp³-hybridized carbons (Fsp3) is 0.143. The molecule has 0 fully saturated rings. The molecule has 0 aliphatic heterocycles. The number of nitrogens with zero attached hydrogens (tertiary/aromatic N) is 1. The van der Waals surface area contributed by atoms with E-state index in [1.807, 2.05) is 6.07 Å². The first-order chi connectivity index (χ1) is 13.6. The molecule has 0 atom stereocenters. The predicted molar refractivity (Wildman–Crippen MR) is 105 cm³/mol. The van der Waals surface area contributed by atoms with Gasteiger partial charge < -0.3 is 20.1 Å². The highest BCUT2D eigenvalue weighted by molar-refractivity contribution is 5.92. The zero-order chi connectivity index (χ0) is 19.9. The molecule has 2 N–H and O–H groups in total. The minimum Gasteiger partial charge on any atom is -0.493 e. The van der Waals surface area contributed by atoms with Crippen LogP contribution in [0.4, 0.5) is 15.8 Å². The van der Waals surface area contributed by atoms with Crippen molar-refractivity contribution in [3.05, 3.63) is 77.9 Å². The van der Waals surface area contributed by atoms with Gasteiger partial charge in [0.2, 0.25) is 0 Å². The number of halogens is 1. The van der Waals surface area contributed by atoms with Crippen LogP contribution in [-0.2, 0) is 6.54 Å². The third-order valence-electron chi connectivity index (χ3n) is 4.01. The van der Waals surface area contributed by atoms with Gasteiger partial charge in [0.1, 0.15) is 11.5 Å². The van der Waals surface area contributed by atoms with Crippen molar-refractivity contribution >= 4 is 17.3 Å². The number of carbonyl (C=O) groups excluding carboxylic acids is 1. The fourth-order valence-electron chi connectivity index (χ4n) is 2.60. The lowest BCUT2D eigenvalue weighted by molar-refractivity contribution is 0.0946. The van der Waals surface area contributed by atoms with E-state index in [-0.39, 0.29) is 17.4 Å². The summed E-state index contributed by atoms with van der Waals surface area (Å²) in [5, 5.41) is 5.85. The molecule has 0 unspecified atom stereocenters. The van der Waals surface area contributed by atoms with Crippen LogP contribution >= 0.6 is 0 Å². The van der Waals surface area contributed by atoms with Crippen LogP contribution in [0.1, 0.15) is 16.1 Å². The Labute approximate surface area is 162 Å². The maximum Gasteiger partial charge on any atom is 0.270 e. The Hall–Kier alpha value is -3.61. The summed E-state index contributed by atoms with van der Waals surface area (Å²) in [6, 6.07) is 14.9. The SMILES string of the molecule is COc1ccc(CNC(=O)c2ccc(Nc3cccc(F)c3)cn2)cc1OC. The number of rotatable bonds is 7. The van der Waals surface area contributed by atoms with E-state index in [2.05, 4.69) is 15.6 Å². The normalized spacial score (nSPS) is 10.2. The third-order valence-corrected chi connectivity index (χ3v) is 4.01. The molecule has 0 radical (unpaired) electrons. The first-order valence-corrected chi connectivity index (χ1v) is 8.57. The third kappa shape index (κ3) is 4.76. The summed E-state index contributed by atoms with van der Waals surface area (Å²) < 4.78 is 23.7. The van der Waals surface area contributed by atoms with Gasteiger partial charge in [-0.05, 0) is 48.0 Å². The van der Waals surface area contributed by atoms with E-state index >= 15 is 0 Å². The van der Waals surface area contributed by atoms with E-state index in [1.165, 1.54) is 18.3 Å². The predicted octanol–water partition coefficient (Wildman–Crippen LogP) is 3.91. The van der Waals surface area contributed by atoms with Crippen molar-refractivity contribution in [1.82, 2.24) is 10.3 Å². The minimum atomic E-state index is -0.330. The maximum atomic E-state index is 13.2. The first-order valence-electron chi connectivity index (χ1n) is 8.57. The summed E-state index contributed by atoms with van der Waals surface area (Å²) in [7, 11) is 3.13. The minimum absolute atomic E-state index is 0.283. The summed E-state index contributed by atoms with van der Waals surface area (Å²) in [6.45, 7) is 0.324. The lowest BCUT2D eigenvalue weighted by atomic mass is 10.2. The number of hydrogen-bond acceptors (Lipinski definition) is 5. The zero-order valence-electron chi connectivity index (χ0n) is 15.5. The smallest absolute Gasteiger partial charge is 0.270 e. The average molecular weight is 381 g/mol. The van der Waals surface area contributed by atoms with Crippen LogP contribution in [-0.4, -0.2) is 25.1 Å². The van der Waals surface area contributed by atoms with Crippen LogP contribution in [0.15, 0.2) is 60.8 Å². The molecular weight excluding hydrogens is 361 g/mol.